The maximum absolute atomic E-state index is 11.9. The van der Waals surface area contributed by atoms with E-state index in [0.717, 1.165) is 16.7 Å². The van der Waals surface area contributed by atoms with Crippen molar-refractivity contribution in [2.45, 2.75) is 6.42 Å². The van der Waals surface area contributed by atoms with E-state index >= 15 is 0 Å². The Morgan fingerprint density at radius 3 is 2.95 bits per heavy atom. The van der Waals surface area contributed by atoms with Crippen LogP contribution in [0.25, 0.3) is 11.0 Å². The second-order valence-corrected chi connectivity index (χ2v) is 4.71. The smallest absolute Gasteiger partial charge is 0.226 e. The van der Waals surface area contributed by atoms with Crippen LogP contribution in [0.3, 0.4) is 0 Å². The van der Waals surface area contributed by atoms with E-state index in [-0.39, 0.29) is 5.91 Å². The summed E-state index contributed by atoms with van der Waals surface area (Å²) in [6, 6.07) is 7.53. The summed E-state index contributed by atoms with van der Waals surface area (Å²) in [5.41, 5.74) is 0.835. The fourth-order valence-corrected chi connectivity index (χ4v) is 2.26. The van der Waals surface area contributed by atoms with Gasteiger partial charge in [-0.3, -0.25) is 4.79 Å². The van der Waals surface area contributed by atoms with Gasteiger partial charge in [-0.25, -0.2) is 0 Å². The number of hydrogen-bond donors (Lipinski definition) is 0. The number of amides is 1. The minimum absolute atomic E-state index is 0.123. The number of carbonyl (C=O) groups excluding carboxylic acids is 1. The first kappa shape index (κ1) is 13.0. The van der Waals surface area contributed by atoms with Crippen molar-refractivity contribution >= 4 is 16.9 Å². The van der Waals surface area contributed by atoms with Crippen molar-refractivity contribution in [1.29, 1.82) is 0 Å². The van der Waals surface area contributed by atoms with Crippen LogP contribution in [0.4, 0.5) is 0 Å². The fraction of sp³-hybridized carbons (Fsp3) is 0.400. The highest BCUT2D eigenvalue weighted by Crippen LogP contribution is 2.21. The highest BCUT2D eigenvalue weighted by atomic mass is 16.5. The molecule has 1 fully saturated rings. The summed E-state index contributed by atoms with van der Waals surface area (Å²) in [5.74, 6) is 0.881. The van der Waals surface area contributed by atoms with Crippen molar-refractivity contribution in [3.8, 4) is 5.75 Å². The topological polar surface area (TPSA) is 51.9 Å². The number of fused-ring (bicyclic) bond motifs is 1. The van der Waals surface area contributed by atoms with Gasteiger partial charge in [0.2, 0.25) is 5.91 Å². The number of benzene rings is 1. The van der Waals surface area contributed by atoms with Crippen LogP contribution in [0.1, 0.15) is 6.42 Å². The van der Waals surface area contributed by atoms with Gasteiger partial charge in [0.25, 0.3) is 0 Å². The zero-order valence-corrected chi connectivity index (χ0v) is 11.2. The van der Waals surface area contributed by atoms with Crippen LogP contribution in [0, 0.1) is 0 Å². The standard InChI is InChI=1S/C15H17NO4/c17-15(16-5-9-18-10-6-16)4-8-19-13-1-2-14-12(11-13)3-7-20-14/h1-3,7,11H,4-6,8-10H2. The van der Waals surface area contributed by atoms with Gasteiger partial charge in [-0.05, 0) is 24.3 Å². The normalized spacial score (nSPS) is 15.5. The first-order valence-corrected chi connectivity index (χ1v) is 6.78. The third-order valence-corrected chi connectivity index (χ3v) is 3.37. The largest absolute Gasteiger partial charge is 0.493 e. The maximum Gasteiger partial charge on any atom is 0.226 e. The van der Waals surface area contributed by atoms with Gasteiger partial charge in [0.1, 0.15) is 11.3 Å². The van der Waals surface area contributed by atoms with E-state index in [4.69, 9.17) is 13.9 Å². The Hall–Kier alpha value is -2.01. The second-order valence-electron chi connectivity index (χ2n) is 4.71. The lowest BCUT2D eigenvalue weighted by molar-refractivity contribution is -0.135. The molecule has 1 saturated heterocycles. The Balaban J connectivity index is 1.50. The molecule has 0 radical (unpaired) electrons. The van der Waals surface area contributed by atoms with Gasteiger partial charge >= 0.3 is 0 Å². The first-order valence-electron chi connectivity index (χ1n) is 6.78. The number of rotatable bonds is 4. The molecule has 0 saturated carbocycles. The lowest BCUT2D eigenvalue weighted by Gasteiger charge is -2.26. The molecule has 0 N–H and O–H groups in total. The van der Waals surface area contributed by atoms with Crippen LogP contribution in [0.5, 0.6) is 5.75 Å². The molecule has 1 aromatic heterocycles. The average molecular weight is 275 g/mol. The van der Waals surface area contributed by atoms with E-state index in [1.807, 2.05) is 29.2 Å². The van der Waals surface area contributed by atoms with Gasteiger partial charge in [0.05, 0.1) is 32.5 Å². The number of ether oxygens (including phenoxy) is 2. The summed E-state index contributed by atoms with van der Waals surface area (Å²) in [6.45, 7) is 3.01. The molecule has 1 aromatic carbocycles. The Kier molecular flexibility index (Phi) is 3.87. The molecule has 1 amide bonds. The van der Waals surface area contributed by atoms with Gasteiger partial charge in [0.15, 0.2) is 0 Å². The van der Waals surface area contributed by atoms with Crippen molar-refractivity contribution in [3.05, 3.63) is 30.5 Å². The maximum atomic E-state index is 11.9. The summed E-state index contributed by atoms with van der Waals surface area (Å²) in [5, 5.41) is 1.00. The third kappa shape index (κ3) is 2.93. The molecule has 0 bridgehead atoms. The van der Waals surface area contributed by atoms with E-state index < -0.39 is 0 Å². The molecule has 1 aliphatic heterocycles. The molecule has 2 heterocycles. The molecule has 1 aliphatic rings. The predicted molar refractivity (Wildman–Crippen MR) is 73.7 cm³/mol. The molecule has 20 heavy (non-hydrogen) atoms. The molecule has 0 spiro atoms. The lowest BCUT2D eigenvalue weighted by Crippen LogP contribution is -2.41. The number of hydrogen-bond acceptors (Lipinski definition) is 4. The Morgan fingerprint density at radius 2 is 2.10 bits per heavy atom. The molecular formula is C15H17NO4. The molecule has 2 aromatic rings. The van der Waals surface area contributed by atoms with Crippen molar-refractivity contribution in [2.75, 3.05) is 32.9 Å². The predicted octanol–water partition coefficient (Wildman–Crippen LogP) is 2.06. The third-order valence-electron chi connectivity index (χ3n) is 3.37. The Bertz CT molecular complexity index is 586. The monoisotopic (exact) mass is 275 g/mol. The van der Waals surface area contributed by atoms with Gasteiger partial charge < -0.3 is 18.8 Å². The molecule has 0 aliphatic carbocycles. The van der Waals surface area contributed by atoms with Crippen LogP contribution in [-0.4, -0.2) is 43.7 Å². The molecule has 5 heteroatoms. The van der Waals surface area contributed by atoms with Gasteiger partial charge in [0, 0.05) is 18.5 Å². The van der Waals surface area contributed by atoms with E-state index in [9.17, 15) is 4.79 Å². The summed E-state index contributed by atoms with van der Waals surface area (Å²) in [7, 11) is 0. The number of furan rings is 1. The number of carbonyl (C=O) groups is 1. The van der Waals surface area contributed by atoms with Crippen molar-refractivity contribution < 1.29 is 18.7 Å². The molecule has 106 valence electrons. The lowest BCUT2D eigenvalue weighted by atomic mass is 10.2. The van der Waals surface area contributed by atoms with E-state index in [1.165, 1.54) is 0 Å². The summed E-state index contributed by atoms with van der Waals surface area (Å²) in [6.07, 6.45) is 2.04. The van der Waals surface area contributed by atoms with Gasteiger partial charge in [-0.15, -0.1) is 0 Å². The zero-order valence-electron chi connectivity index (χ0n) is 11.2. The second kappa shape index (κ2) is 5.96. The minimum atomic E-state index is 0.123. The van der Waals surface area contributed by atoms with Crippen LogP contribution in [0.2, 0.25) is 0 Å². The van der Waals surface area contributed by atoms with Crippen LogP contribution < -0.4 is 4.74 Å². The Morgan fingerprint density at radius 1 is 1.25 bits per heavy atom. The van der Waals surface area contributed by atoms with Crippen molar-refractivity contribution in [3.63, 3.8) is 0 Å². The van der Waals surface area contributed by atoms with E-state index in [0.29, 0.717) is 39.3 Å². The average Bonchev–Trinajstić information content (AvgIpc) is 2.95. The molecular weight excluding hydrogens is 258 g/mol. The zero-order chi connectivity index (χ0) is 13.8. The molecule has 3 rings (SSSR count). The highest BCUT2D eigenvalue weighted by Gasteiger charge is 2.16. The Labute approximate surface area is 117 Å². The van der Waals surface area contributed by atoms with Gasteiger partial charge in [-0.2, -0.15) is 0 Å². The fourth-order valence-electron chi connectivity index (χ4n) is 2.26. The first-order chi connectivity index (χ1) is 9.83. The number of morpholine rings is 1. The van der Waals surface area contributed by atoms with E-state index in [2.05, 4.69) is 0 Å². The molecule has 0 unspecified atom stereocenters. The SMILES string of the molecule is O=C(CCOc1ccc2occc2c1)N1CCOCC1. The van der Waals surface area contributed by atoms with Crippen molar-refractivity contribution in [2.24, 2.45) is 0 Å². The minimum Gasteiger partial charge on any atom is -0.493 e. The van der Waals surface area contributed by atoms with Crippen LogP contribution in [-0.2, 0) is 9.53 Å². The number of nitrogens with zero attached hydrogens (tertiary/aromatic N) is 1. The summed E-state index contributed by atoms with van der Waals surface area (Å²) < 4.78 is 16.1. The van der Waals surface area contributed by atoms with E-state index in [1.54, 1.807) is 6.26 Å². The van der Waals surface area contributed by atoms with Crippen LogP contribution in [0.15, 0.2) is 34.9 Å². The van der Waals surface area contributed by atoms with Crippen LogP contribution >= 0.6 is 0 Å². The summed E-state index contributed by atoms with van der Waals surface area (Å²) in [4.78, 5) is 13.8. The van der Waals surface area contributed by atoms with Gasteiger partial charge in [-0.1, -0.05) is 0 Å². The van der Waals surface area contributed by atoms with Crippen molar-refractivity contribution in [1.82, 2.24) is 4.90 Å². The quantitative estimate of drug-likeness (QED) is 0.857. The molecule has 0 atom stereocenters. The highest BCUT2D eigenvalue weighted by molar-refractivity contribution is 5.78. The molecule has 5 nitrogen and oxygen atoms in total. The summed E-state index contributed by atoms with van der Waals surface area (Å²) >= 11 is 0.